The van der Waals surface area contributed by atoms with E-state index in [0.29, 0.717) is 41.1 Å². The zero-order valence-electron chi connectivity index (χ0n) is 24.1. The molecule has 0 radical (unpaired) electrons. The molecular weight excluding hydrogens is 565 g/mol. The highest BCUT2D eigenvalue weighted by molar-refractivity contribution is 6.31. The second-order valence-electron chi connectivity index (χ2n) is 10.3. The summed E-state index contributed by atoms with van der Waals surface area (Å²) in [6.45, 7) is 8.24. The van der Waals surface area contributed by atoms with Gasteiger partial charge in [0.25, 0.3) is 0 Å². The van der Waals surface area contributed by atoms with Crippen molar-refractivity contribution in [2.75, 3.05) is 37.5 Å². The molecule has 0 atom stereocenters. The second kappa shape index (κ2) is 13.2. The summed E-state index contributed by atoms with van der Waals surface area (Å²) >= 11 is 5.92. The molecule has 0 fully saturated rings. The van der Waals surface area contributed by atoms with Crippen LogP contribution in [0.15, 0.2) is 48.7 Å². The van der Waals surface area contributed by atoms with E-state index in [-0.39, 0.29) is 23.3 Å². The minimum absolute atomic E-state index is 0.0247. The summed E-state index contributed by atoms with van der Waals surface area (Å²) in [7, 11) is 1.63. The van der Waals surface area contributed by atoms with Crippen molar-refractivity contribution in [1.29, 1.82) is 0 Å². The second-order valence-corrected chi connectivity index (χ2v) is 10.7. The molecule has 0 saturated heterocycles. The first-order chi connectivity index (χ1) is 20.0. The zero-order chi connectivity index (χ0) is 30.4. The van der Waals surface area contributed by atoms with Crippen LogP contribution in [0.5, 0.6) is 0 Å². The Balaban J connectivity index is 1.75. The molecular formula is C30H33ClFN5O5. The van der Waals surface area contributed by atoms with Gasteiger partial charge in [0.05, 0.1) is 17.1 Å². The van der Waals surface area contributed by atoms with Gasteiger partial charge in [-0.15, -0.1) is 0 Å². The smallest absolute Gasteiger partial charge is 0.419 e. The number of carbonyl (C=O) groups excluding carboxylic acids is 2. The fraction of sp³-hybridized carbons (Fsp3) is 0.333. The van der Waals surface area contributed by atoms with Gasteiger partial charge in [0.15, 0.2) is 0 Å². The number of halogens is 2. The van der Waals surface area contributed by atoms with Crippen LogP contribution in [0.3, 0.4) is 0 Å². The predicted octanol–water partition coefficient (Wildman–Crippen LogP) is 7.04. The Labute approximate surface area is 248 Å². The lowest BCUT2D eigenvalue weighted by Crippen LogP contribution is -2.29. The molecule has 12 heteroatoms. The van der Waals surface area contributed by atoms with Gasteiger partial charge in [-0.1, -0.05) is 17.7 Å². The van der Waals surface area contributed by atoms with Gasteiger partial charge in [-0.05, 0) is 76.1 Å². The highest BCUT2D eigenvalue weighted by Crippen LogP contribution is 2.32. The Hall–Kier alpha value is -4.22. The number of nitrogens with zero attached hydrogens (tertiary/aromatic N) is 3. The van der Waals surface area contributed by atoms with Crippen LogP contribution in [0, 0.1) is 5.82 Å². The SMILES string of the molecule is CCOC(=O)c1cc2cc(-c3cnc(Nc4ccc(F)c(Cl)c4)nc3NCCCOC)ccc2n1C(=O)OC(C)(C)C. The molecule has 4 aromatic rings. The van der Waals surface area contributed by atoms with Crippen LogP contribution in [0.2, 0.25) is 5.02 Å². The molecule has 0 spiro atoms. The summed E-state index contributed by atoms with van der Waals surface area (Å²) in [5.74, 6) is -0.354. The van der Waals surface area contributed by atoms with Crippen molar-refractivity contribution in [3.63, 3.8) is 0 Å². The van der Waals surface area contributed by atoms with Crippen molar-refractivity contribution in [3.05, 3.63) is 65.2 Å². The lowest BCUT2D eigenvalue weighted by molar-refractivity contribution is 0.0454. The molecule has 2 N–H and O–H groups in total. The van der Waals surface area contributed by atoms with E-state index >= 15 is 0 Å². The van der Waals surface area contributed by atoms with Crippen molar-refractivity contribution >= 4 is 52.0 Å². The third kappa shape index (κ3) is 7.34. The van der Waals surface area contributed by atoms with E-state index in [1.54, 1.807) is 53.1 Å². The number of ether oxygens (including phenoxy) is 3. The van der Waals surface area contributed by atoms with Crippen molar-refractivity contribution in [2.24, 2.45) is 0 Å². The number of fused-ring (bicyclic) bond motifs is 1. The molecule has 0 amide bonds. The summed E-state index contributed by atoms with van der Waals surface area (Å²) in [5, 5.41) is 6.97. The Morgan fingerprint density at radius 1 is 1.12 bits per heavy atom. The first kappa shape index (κ1) is 30.7. The number of aromatic nitrogens is 3. The van der Waals surface area contributed by atoms with Crippen molar-refractivity contribution < 1.29 is 28.2 Å². The van der Waals surface area contributed by atoms with Crippen LogP contribution in [-0.4, -0.2) is 59.1 Å². The van der Waals surface area contributed by atoms with Crippen molar-refractivity contribution in [1.82, 2.24) is 14.5 Å². The summed E-state index contributed by atoms with van der Waals surface area (Å²) in [5.41, 5.74) is 1.72. The van der Waals surface area contributed by atoms with E-state index in [1.165, 1.54) is 22.8 Å². The molecule has 0 aliphatic rings. The third-order valence-corrected chi connectivity index (χ3v) is 6.25. The van der Waals surface area contributed by atoms with Crippen molar-refractivity contribution in [2.45, 2.75) is 39.7 Å². The summed E-state index contributed by atoms with van der Waals surface area (Å²) in [6, 6.07) is 11.2. The maximum atomic E-state index is 13.6. The number of hydrogen-bond donors (Lipinski definition) is 2. The van der Waals surface area contributed by atoms with Gasteiger partial charge in [-0.3, -0.25) is 0 Å². The average Bonchev–Trinajstić information content (AvgIpc) is 3.32. The van der Waals surface area contributed by atoms with E-state index < -0.39 is 23.5 Å². The van der Waals surface area contributed by atoms with Crippen LogP contribution >= 0.6 is 11.6 Å². The summed E-state index contributed by atoms with van der Waals surface area (Å²) < 4.78 is 30.8. The molecule has 4 rings (SSSR count). The fourth-order valence-corrected chi connectivity index (χ4v) is 4.34. The lowest BCUT2D eigenvalue weighted by atomic mass is 10.1. The Morgan fingerprint density at radius 3 is 2.60 bits per heavy atom. The van der Waals surface area contributed by atoms with E-state index in [0.717, 1.165) is 12.0 Å². The molecule has 42 heavy (non-hydrogen) atoms. The van der Waals surface area contributed by atoms with Gasteiger partial charge in [0, 0.05) is 43.1 Å². The molecule has 0 bridgehead atoms. The van der Waals surface area contributed by atoms with Gasteiger partial charge >= 0.3 is 12.1 Å². The summed E-state index contributed by atoms with van der Waals surface area (Å²) in [4.78, 5) is 35.0. The highest BCUT2D eigenvalue weighted by Gasteiger charge is 2.26. The van der Waals surface area contributed by atoms with Gasteiger partial charge in [-0.25, -0.2) is 23.5 Å². The molecule has 2 heterocycles. The molecule has 0 aliphatic carbocycles. The number of methoxy groups -OCH3 is 1. The number of esters is 1. The zero-order valence-corrected chi connectivity index (χ0v) is 24.8. The van der Waals surface area contributed by atoms with Gasteiger partial charge in [0.1, 0.15) is 22.9 Å². The normalized spacial score (nSPS) is 11.4. The number of hydrogen-bond acceptors (Lipinski definition) is 9. The monoisotopic (exact) mass is 597 g/mol. The topological polar surface area (TPSA) is 117 Å². The highest BCUT2D eigenvalue weighted by atomic mass is 35.5. The maximum Gasteiger partial charge on any atom is 0.419 e. The van der Waals surface area contributed by atoms with Gasteiger partial charge in [-0.2, -0.15) is 4.98 Å². The van der Waals surface area contributed by atoms with Gasteiger partial charge < -0.3 is 24.8 Å². The number of nitrogens with one attached hydrogen (secondary N) is 2. The fourth-order valence-electron chi connectivity index (χ4n) is 4.16. The maximum absolute atomic E-state index is 13.6. The number of carbonyl (C=O) groups is 2. The third-order valence-electron chi connectivity index (χ3n) is 5.96. The lowest BCUT2D eigenvalue weighted by Gasteiger charge is -2.20. The standard InChI is InChI=1S/C30H33ClFN5O5/c1-6-41-27(38)25-15-19-14-18(8-11-24(19)37(25)29(39)42-30(2,3)4)21-17-34-28(36-26(21)33-12-7-13-40-5)35-20-9-10-23(32)22(31)16-20/h8-11,14-17H,6-7,12-13H2,1-5H3,(H2,33,34,35,36). The van der Waals surface area contributed by atoms with Gasteiger partial charge in [0.2, 0.25) is 5.95 Å². The van der Waals surface area contributed by atoms with E-state index in [4.69, 9.17) is 25.8 Å². The Bertz CT molecular complexity index is 1600. The van der Waals surface area contributed by atoms with E-state index in [9.17, 15) is 14.0 Å². The number of benzene rings is 2. The average molecular weight is 598 g/mol. The molecule has 10 nitrogen and oxygen atoms in total. The Morgan fingerprint density at radius 2 is 1.90 bits per heavy atom. The quantitative estimate of drug-likeness (QED) is 0.147. The van der Waals surface area contributed by atoms with Crippen LogP contribution in [0.1, 0.15) is 44.6 Å². The van der Waals surface area contributed by atoms with E-state index in [2.05, 4.69) is 20.6 Å². The first-order valence-electron chi connectivity index (χ1n) is 13.4. The molecule has 2 aromatic carbocycles. The van der Waals surface area contributed by atoms with Crippen molar-refractivity contribution in [3.8, 4) is 11.1 Å². The molecule has 222 valence electrons. The molecule has 0 unspecified atom stereocenters. The van der Waals surface area contributed by atoms with Crippen LogP contribution in [-0.2, 0) is 14.2 Å². The Kier molecular flexibility index (Phi) is 9.64. The van der Waals surface area contributed by atoms with Crippen LogP contribution in [0.4, 0.5) is 26.6 Å². The minimum Gasteiger partial charge on any atom is -0.461 e. The minimum atomic E-state index is -0.769. The van der Waals surface area contributed by atoms with Crippen LogP contribution in [0.25, 0.3) is 22.0 Å². The molecule has 0 saturated carbocycles. The first-order valence-corrected chi connectivity index (χ1v) is 13.8. The molecule has 0 aliphatic heterocycles. The van der Waals surface area contributed by atoms with E-state index in [1.807, 2.05) is 12.1 Å². The summed E-state index contributed by atoms with van der Waals surface area (Å²) in [6.07, 6.45) is 1.70. The predicted molar refractivity (Wildman–Crippen MR) is 160 cm³/mol. The number of rotatable bonds is 10. The largest absolute Gasteiger partial charge is 0.461 e. The molecule has 2 aromatic heterocycles. The van der Waals surface area contributed by atoms with Crippen LogP contribution < -0.4 is 10.6 Å². The number of anilines is 3.